The number of hydrogen-bond donors (Lipinski definition) is 4. The molecule has 3 fully saturated rings. The predicted octanol–water partition coefficient (Wildman–Crippen LogP) is 14.3. The van der Waals surface area contributed by atoms with Crippen molar-refractivity contribution in [3.8, 4) is 33.4 Å². The standard InChI is InChI=1S/C35H46N4O9.C35H48N2O9.C27H31ClN4O6.Ac/c1-6-45-31(41)15-11-8-12-20-46-35(34(43)44-5)21-29(38-39-36)23(2)32(48-35)24(3)30(47-25(4)40)22-37-33(42)28-18-16-27(17-19-28)26-13-9-7-10-14-26;1-6-43-31(39)15-11-8-12-20-44-35(34(41)42-5)21-29(36)23(2)32(46-35)24(3)30(45-25(4)38)22-37-33(40)28-18-16-27(17-19-28)26-13-9-7-10-14-26;1-16-22(31-32-29)14-27(28,26(35)36-4)38-24(16)17(2)23(37-18(3)33)15-30-25(34)21-12-10-20(11-13-21)19-8-6-5-7-9-19;/h7,9-10,13-14,16-19,23-24,29-30,32H,6,8,11-12,15,20-22H2,1-5H3,(H,37,42);7,9-10,13-14,16-19,23-24,29-30,32H,6,8,11-12,15,20-22,36H2,1-5H3,(H,37,40);5-13,16-17,22-24H,14-15H2,1-4H3,(H,30,34);/p+1/t2*23-,24-,29-,30-,32?,35-;16-,17-,22-,23-,24?,27+;/m111./s1. The van der Waals surface area contributed by atoms with Crippen LogP contribution in [0.2, 0.25) is 0 Å². The maximum Gasteiger partial charge on any atom is 0.366 e. The van der Waals surface area contributed by atoms with E-state index in [0.717, 1.165) is 33.4 Å². The molecule has 3 heterocycles. The molecule has 3 aliphatic rings. The second kappa shape index (κ2) is 56.1. The van der Waals surface area contributed by atoms with Gasteiger partial charge in [0, 0.05) is 153 Å². The van der Waals surface area contributed by atoms with E-state index in [9.17, 15) is 58.3 Å². The number of carbonyl (C=O) groups excluding carboxylic acids is 11. The van der Waals surface area contributed by atoms with Crippen molar-refractivity contribution in [2.45, 2.75) is 218 Å². The Morgan fingerprint density at radius 3 is 1.05 bits per heavy atom. The molecule has 3 amide bonds. The first kappa shape index (κ1) is 111. The second-order valence-corrected chi connectivity index (χ2v) is 33.5. The van der Waals surface area contributed by atoms with Gasteiger partial charge in [0.05, 0.1) is 98.2 Å². The number of rotatable bonds is 42. The van der Waals surface area contributed by atoms with Gasteiger partial charge in [-0.25, -0.2) is 14.4 Å². The molecular formula is C97H126AcClN10O24+. The number of hydrogen-bond acceptors (Lipinski definition) is 26. The average molecular weight is 2080 g/mol. The number of carbonyl (C=O) groups is 11. The Morgan fingerprint density at radius 2 is 0.737 bits per heavy atom. The molecule has 0 bridgehead atoms. The molecule has 3 unspecified atom stereocenters. The molecule has 9 rings (SSSR count). The zero-order valence-electron chi connectivity index (χ0n) is 78.1. The van der Waals surface area contributed by atoms with Crippen molar-refractivity contribution >= 4 is 77.1 Å². The quantitative estimate of drug-likeness (QED) is 0.00526. The Kier molecular flexibility index (Phi) is 46.9. The molecule has 3 aliphatic heterocycles. The first-order valence-corrected chi connectivity index (χ1v) is 44.8. The van der Waals surface area contributed by atoms with Gasteiger partial charge >= 0.3 is 47.8 Å². The summed E-state index contributed by atoms with van der Waals surface area (Å²) in [6, 6.07) is 49.4. The summed E-state index contributed by atoms with van der Waals surface area (Å²) < 4.78 is 72.8. The van der Waals surface area contributed by atoms with Crippen molar-refractivity contribution in [2.75, 3.05) is 67.4 Å². The number of benzene rings is 6. The van der Waals surface area contributed by atoms with Crippen LogP contribution in [0.3, 0.4) is 0 Å². The smallest absolute Gasteiger partial charge is 0.366 e. The van der Waals surface area contributed by atoms with Crippen molar-refractivity contribution in [1.82, 2.24) is 16.0 Å². The van der Waals surface area contributed by atoms with Gasteiger partial charge in [0.1, 0.15) is 18.3 Å². The molecular weight excluding hydrogens is 1950 g/mol. The number of quaternary nitrogens is 1. The Balaban J connectivity index is 0.000000308. The maximum atomic E-state index is 13.2. The summed E-state index contributed by atoms with van der Waals surface area (Å²) in [5, 5.41) is 14.4. The molecule has 0 aliphatic carbocycles. The Bertz CT molecular complexity index is 4850. The Hall–Kier alpha value is -10.4. The number of nitrogens with one attached hydrogen (secondary N) is 3. The molecule has 1 radical (unpaired) electrons. The van der Waals surface area contributed by atoms with Gasteiger partial charge in [-0.05, 0) is 132 Å². The predicted molar refractivity (Wildman–Crippen MR) is 487 cm³/mol. The summed E-state index contributed by atoms with van der Waals surface area (Å²) in [4.78, 5) is 143. The number of ether oxygens (including phenoxy) is 13. The van der Waals surface area contributed by atoms with Gasteiger partial charge < -0.3 is 83.3 Å². The van der Waals surface area contributed by atoms with Crippen LogP contribution in [0.15, 0.2) is 174 Å². The van der Waals surface area contributed by atoms with E-state index in [-0.39, 0.29) is 150 Å². The molecule has 0 aromatic heterocycles. The number of unbranched alkanes of at least 4 members (excludes halogenated alkanes) is 4. The first-order valence-electron chi connectivity index (χ1n) is 44.5. The summed E-state index contributed by atoms with van der Waals surface area (Å²) in [7, 11) is 3.66. The van der Waals surface area contributed by atoms with E-state index in [0.29, 0.717) is 74.8 Å². The van der Waals surface area contributed by atoms with Crippen LogP contribution in [0.1, 0.15) is 178 Å². The normalized spacial score (nSPS) is 22.4. The number of esters is 8. The van der Waals surface area contributed by atoms with Crippen LogP contribution in [-0.4, -0.2) is 204 Å². The van der Waals surface area contributed by atoms with Crippen molar-refractivity contribution in [2.24, 2.45) is 45.7 Å². The van der Waals surface area contributed by atoms with Gasteiger partial charge in [0.2, 0.25) is 5.06 Å². The third-order valence-corrected chi connectivity index (χ3v) is 24.0. The average Bonchev–Trinajstić information content (AvgIpc) is 0.783. The minimum Gasteiger partial charge on any atom is -0.466 e. The van der Waals surface area contributed by atoms with Gasteiger partial charge in [-0.3, -0.25) is 38.4 Å². The van der Waals surface area contributed by atoms with Crippen LogP contribution in [0.4, 0.5) is 0 Å². The van der Waals surface area contributed by atoms with Crippen LogP contribution in [0, 0.1) is 79.6 Å². The summed E-state index contributed by atoms with van der Waals surface area (Å²) in [5.74, 6) is -11.6. The summed E-state index contributed by atoms with van der Waals surface area (Å²) >= 11 is 6.48. The number of azide groups is 2. The fourth-order valence-electron chi connectivity index (χ4n) is 16.2. The number of amides is 3. The number of alkyl halides is 1. The van der Waals surface area contributed by atoms with E-state index in [4.69, 9.17) is 78.7 Å². The monoisotopic (exact) mass is 2080 g/mol. The molecule has 36 heteroatoms. The van der Waals surface area contributed by atoms with E-state index in [2.05, 4.69) is 41.7 Å². The molecule has 6 aromatic rings. The largest absolute Gasteiger partial charge is 0.466 e. The Morgan fingerprint density at radius 1 is 0.436 bits per heavy atom. The van der Waals surface area contributed by atoms with Crippen LogP contribution in [0.5, 0.6) is 0 Å². The SMILES string of the molecule is CCOC(=O)CCCCCO[C@]1(C(=O)OC)C[C@@H](N=[N+]=[N-])[C@@H](C)C([C@H](C)[C@@H](CNC(=O)c2ccc(-c3ccccc3)cc2)OC(C)=O)O1.CCOC(=O)CCCCCO[C@]1(C(=O)OC)C[C@@H]([NH3+])[C@@H](C)C([C@H](C)[C@@H](CNC(=O)c2ccc(-c3ccccc3)cc2)OC(C)=O)O1.COC(=O)[C@]1(Cl)C[C@@H](N=[N+]=[N-])[C@@H](C)C([C@H](C)[C@@H](CNC(=O)c2ccc(-c3ccccc3)cc2)OC(C)=O)O1.[Ac]. The molecule has 0 saturated carbocycles. The molecule has 18 atom stereocenters. The van der Waals surface area contributed by atoms with Gasteiger partial charge in [-0.1, -0.05) is 204 Å². The minimum absolute atomic E-state index is 0. The van der Waals surface area contributed by atoms with Gasteiger partial charge in [-0.15, -0.1) is 0 Å². The summed E-state index contributed by atoms with van der Waals surface area (Å²) in [6.45, 7) is 19.2. The topological polar surface area (TPSA) is 469 Å². The van der Waals surface area contributed by atoms with Crippen molar-refractivity contribution in [1.29, 1.82) is 0 Å². The van der Waals surface area contributed by atoms with Gasteiger partial charge in [-0.2, -0.15) is 0 Å². The fourth-order valence-corrected chi connectivity index (χ4v) is 16.5. The summed E-state index contributed by atoms with van der Waals surface area (Å²) in [6.07, 6.45) is -0.402. The van der Waals surface area contributed by atoms with E-state index >= 15 is 0 Å². The number of halogens is 1. The van der Waals surface area contributed by atoms with Crippen LogP contribution in [0.25, 0.3) is 54.3 Å². The molecule has 34 nitrogen and oxygen atoms in total. The molecule has 6 N–H and O–H groups in total. The molecule has 0 spiro atoms. The van der Waals surface area contributed by atoms with Gasteiger partial charge in [0.15, 0.2) is 0 Å². The molecule has 133 heavy (non-hydrogen) atoms. The number of nitrogens with zero attached hydrogens (tertiary/aromatic N) is 6. The van der Waals surface area contributed by atoms with Crippen LogP contribution >= 0.6 is 11.6 Å². The third kappa shape index (κ3) is 33.3. The Labute approximate surface area is 817 Å². The van der Waals surface area contributed by atoms with E-state index < -0.39 is 125 Å². The van der Waals surface area contributed by atoms with E-state index in [1.165, 1.54) is 42.1 Å². The number of methoxy groups -OCH3 is 3. The molecule has 3 saturated heterocycles. The van der Waals surface area contributed by atoms with E-state index in [1.807, 2.05) is 148 Å². The minimum atomic E-state index is -1.90. The molecule has 717 valence electrons. The van der Waals surface area contributed by atoms with Crippen LogP contribution < -0.4 is 21.7 Å². The van der Waals surface area contributed by atoms with Crippen molar-refractivity contribution in [3.63, 3.8) is 0 Å². The molecule has 6 aromatic carbocycles. The zero-order chi connectivity index (χ0) is 96.7. The van der Waals surface area contributed by atoms with Crippen molar-refractivity contribution in [3.05, 3.63) is 201 Å². The zero-order valence-corrected chi connectivity index (χ0v) is 83.6. The second-order valence-electron chi connectivity index (χ2n) is 32.9. The first-order chi connectivity index (χ1) is 63.1. The maximum absolute atomic E-state index is 13.2. The van der Waals surface area contributed by atoms with Gasteiger partial charge in [0.25, 0.3) is 29.3 Å². The van der Waals surface area contributed by atoms with Crippen molar-refractivity contribution < 1.29 is 164 Å². The third-order valence-electron chi connectivity index (χ3n) is 23.6. The summed E-state index contributed by atoms with van der Waals surface area (Å²) in [5.41, 5.74) is 30.0. The van der Waals surface area contributed by atoms with E-state index in [1.54, 1.807) is 71.0 Å². The van der Waals surface area contributed by atoms with Crippen LogP contribution in [-0.2, 0) is 99.9 Å². The fraction of sp³-hybridized carbons (Fsp3) is 0.515.